The standard InChI is InChI=1S/C15H24N2O4/c1-4-12(3)17(10-14(18)19)15(20)16-11(2)7-8-13-6-5-9-21-13/h5-6,9,11-12H,4,7-8,10H2,1-3H3,(H,16,20)(H,18,19). The van der Waals surface area contributed by atoms with Crippen LogP contribution in [0.15, 0.2) is 22.8 Å². The highest BCUT2D eigenvalue weighted by atomic mass is 16.4. The summed E-state index contributed by atoms with van der Waals surface area (Å²) in [5.41, 5.74) is 0. The summed E-state index contributed by atoms with van der Waals surface area (Å²) in [6.45, 7) is 5.38. The Kier molecular flexibility index (Phi) is 6.78. The van der Waals surface area contributed by atoms with Crippen molar-refractivity contribution < 1.29 is 19.1 Å². The number of urea groups is 1. The zero-order valence-electron chi connectivity index (χ0n) is 12.8. The van der Waals surface area contributed by atoms with E-state index in [0.29, 0.717) is 6.42 Å². The van der Waals surface area contributed by atoms with Crippen molar-refractivity contribution in [2.24, 2.45) is 0 Å². The number of furan rings is 1. The molecule has 0 aliphatic rings. The lowest BCUT2D eigenvalue weighted by molar-refractivity contribution is -0.138. The quantitative estimate of drug-likeness (QED) is 0.772. The number of aryl methyl sites for hydroxylation is 1. The summed E-state index contributed by atoms with van der Waals surface area (Å²) in [5, 5.41) is 11.8. The van der Waals surface area contributed by atoms with Gasteiger partial charge in [-0.25, -0.2) is 4.79 Å². The highest BCUT2D eigenvalue weighted by molar-refractivity contribution is 5.80. The fourth-order valence-electron chi connectivity index (χ4n) is 1.97. The van der Waals surface area contributed by atoms with Gasteiger partial charge in [0.1, 0.15) is 12.3 Å². The molecule has 6 nitrogen and oxygen atoms in total. The van der Waals surface area contributed by atoms with Crippen LogP contribution >= 0.6 is 0 Å². The van der Waals surface area contributed by atoms with E-state index in [1.807, 2.05) is 32.9 Å². The van der Waals surface area contributed by atoms with E-state index in [2.05, 4.69) is 5.32 Å². The number of nitrogens with zero attached hydrogens (tertiary/aromatic N) is 1. The topological polar surface area (TPSA) is 82.8 Å². The zero-order valence-corrected chi connectivity index (χ0v) is 12.8. The lowest BCUT2D eigenvalue weighted by Crippen LogP contribution is -2.49. The summed E-state index contributed by atoms with van der Waals surface area (Å²) in [6, 6.07) is 3.22. The van der Waals surface area contributed by atoms with Gasteiger partial charge in [0.25, 0.3) is 0 Å². The number of carboxylic acid groups (broad SMARTS) is 1. The van der Waals surface area contributed by atoms with E-state index in [0.717, 1.165) is 18.6 Å². The van der Waals surface area contributed by atoms with E-state index >= 15 is 0 Å². The third kappa shape index (κ3) is 5.89. The normalized spacial score (nSPS) is 13.5. The van der Waals surface area contributed by atoms with E-state index in [1.54, 1.807) is 6.26 Å². The van der Waals surface area contributed by atoms with Crippen LogP contribution < -0.4 is 5.32 Å². The smallest absolute Gasteiger partial charge is 0.323 e. The fraction of sp³-hybridized carbons (Fsp3) is 0.600. The molecule has 0 bridgehead atoms. The number of carbonyl (C=O) groups excluding carboxylic acids is 1. The molecule has 1 heterocycles. The molecule has 0 aliphatic heterocycles. The minimum absolute atomic E-state index is 0.0528. The maximum absolute atomic E-state index is 12.2. The number of hydrogen-bond donors (Lipinski definition) is 2. The molecule has 1 aromatic heterocycles. The summed E-state index contributed by atoms with van der Waals surface area (Å²) in [5.74, 6) is -0.130. The zero-order chi connectivity index (χ0) is 15.8. The minimum Gasteiger partial charge on any atom is -0.480 e. The number of carboxylic acids is 1. The van der Waals surface area contributed by atoms with Crippen LogP contribution in [-0.2, 0) is 11.2 Å². The predicted molar refractivity (Wildman–Crippen MR) is 79.1 cm³/mol. The Morgan fingerprint density at radius 2 is 2.14 bits per heavy atom. The van der Waals surface area contributed by atoms with Gasteiger partial charge in [0.05, 0.1) is 6.26 Å². The fourth-order valence-corrected chi connectivity index (χ4v) is 1.97. The van der Waals surface area contributed by atoms with Gasteiger partial charge < -0.3 is 19.7 Å². The molecule has 118 valence electrons. The van der Waals surface area contributed by atoms with Gasteiger partial charge in [0.2, 0.25) is 0 Å². The Labute approximate surface area is 125 Å². The van der Waals surface area contributed by atoms with Crippen LogP contribution in [0.1, 0.15) is 39.4 Å². The number of nitrogens with one attached hydrogen (secondary N) is 1. The van der Waals surface area contributed by atoms with Gasteiger partial charge in [-0.05, 0) is 38.8 Å². The molecule has 0 saturated heterocycles. The molecule has 2 unspecified atom stereocenters. The van der Waals surface area contributed by atoms with Gasteiger partial charge in [-0.15, -0.1) is 0 Å². The molecule has 1 aromatic rings. The first-order chi connectivity index (χ1) is 9.93. The molecular formula is C15H24N2O4. The number of aliphatic carboxylic acids is 1. The second kappa shape index (κ2) is 8.34. The Hall–Kier alpha value is -1.98. The van der Waals surface area contributed by atoms with E-state index in [1.165, 1.54) is 4.90 Å². The van der Waals surface area contributed by atoms with Gasteiger partial charge in [0, 0.05) is 18.5 Å². The molecule has 0 fully saturated rings. The van der Waals surface area contributed by atoms with Crippen LogP contribution in [0.3, 0.4) is 0 Å². The SMILES string of the molecule is CCC(C)N(CC(=O)O)C(=O)NC(C)CCc1ccco1. The summed E-state index contributed by atoms with van der Waals surface area (Å²) in [7, 11) is 0. The molecule has 0 radical (unpaired) electrons. The number of carbonyl (C=O) groups is 2. The van der Waals surface area contributed by atoms with E-state index in [9.17, 15) is 9.59 Å². The molecule has 0 saturated carbocycles. The monoisotopic (exact) mass is 296 g/mol. The molecule has 0 spiro atoms. The molecule has 2 N–H and O–H groups in total. The number of rotatable bonds is 8. The number of amides is 2. The second-order valence-electron chi connectivity index (χ2n) is 5.25. The van der Waals surface area contributed by atoms with Crippen LogP contribution in [0.4, 0.5) is 4.79 Å². The van der Waals surface area contributed by atoms with Crippen LogP contribution in [-0.4, -0.2) is 40.6 Å². The van der Waals surface area contributed by atoms with Crippen molar-refractivity contribution in [3.63, 3.8) is 0 Å². The van der Waals surface area contributed by atoms with Crippen molar-refractivity contribution in [1.82, 2.24) is 10.2 Å². The summed E-state index contributed by atoms with van der Waals surface area (Å²) < 4.78 is 5.24. The molecule has 6 heteroatoms. The van der Waals surface area contributed by atoms with E-state index < -0.39 is 5.97 Å². The Morgan fingerprint density at radius 3 is 2.67 bits per heavy atom. The third-order valence-electron chi connectivity index (χ3n) is 3.46. The van der Waals surface area contributed by atoms with Crippen LogP contribution in [0.5, 0.6) is 0 Å². The van der Waals surface area contributed by atoms with Gasteiger partial charge in [-0.2, -0.15) is 0 Å². The summed E-state index contributed by atoms with van der Waals surface area (Å²) in [4.78, 5) is 24.4. The first-order valence-electron chi connectivity index (χ1n) is 7.25. The summed E-state index contributed by atoms with van der Waals surface area (Å²) >= 11 is 0. The molecule has 1 rings (SSSR count). The van der Waals surface area contributed by atoms with E-state index in [4.69, 9.17) is 9.52 Å². The molecule has 2 atom stereocenters. The van der Waals surface area contributed by atoms with Crippen LogP contribution in [0.2, 0.25) is 0 Å². The van der Waals surface area contributed by atoms with Crippen molar-refractivity contribution in [3.05, 3.63) is 24.2 Å². The molecule has 0 aromatic carbocycles. The lowest BCUT2D eigenvalue weighted by atomic mass is 10.1. The molecule has 2 amide bonds. The maximum atomic E-state index is 12.2. The van der Waals surface area contributed by atoms with Crippen molar-refractivity contribution >= 4 is 12.0 Å². The summed E-state index contributed by atoms with van der Waals surface area (Å²) in [6.07, 6.45) is 3.80. The van der Waals surface area contributed by atoms with Crippen LogP contribution in [0, 0.1) is 0 Å². The highest BCUT2D eigenvalue weighted by Gasteiger charge is 2.22. The Morgan fingerprint density at radius 1 is 1.43 bits per heavy atom. The van der Waals surface area contributed by atoms with Crippen molar-refractivity contribution in [1.29, 1.82) is 0 Å². The minimum atomic E-state index is -1.01. The average Bonchev–Trinajstić information content (AvgIpc) is 2.94. The highest BCUT2D eigenvalue weighted by Crippen LogP contribution is 2.08. The first kappa shape index (κ1) is 17.1. The largest absolute Gasteiger partial charge is 0.480 e. The van der Waals surface area contributed by atoms with E-state index in [-0.39, 0.29) is 24.7 Å². The van der Waals surface area contributed by atoms with Gasteiger partial charge in [0.15, 0.2) is 0 Å². The Bertz CT molecular complexity index is 445. The van der Waals surface area contributed by atoms with Gasteiger partial charge in [-0.1, -0.05) is 6.92 Å². The molecule has 0 aliphatic carbocycles. The lowest BCUT2D eigenvalue weighted by Gasteiger charge is -2.28. The molecular weight excluding hydrogens is 272 g/mol. The number of hydrogen-bond acceptors (Lipinski definition) is 3. The van der Waals surface area contributed by atoms with Crippen molar-refractivity contribution in [2.45, 2.75) is 52.1 Å². The average molecular weight is 296 g/mol. The van der Waals surface area contributed by atoms with Crippen molar-refractivity contribution in [2.75, 3.05) is 6.54 Å². The van der Waals surface area contributed by atoms with Gasteiger partial charge >= 0.3 is 12.0 Å². The first-order valence-corrected chi connectivity index (χ1v) is 7.25. The van der Waals surface area contributed by atoms with Gasteiger partial charge in [-0.3, -0.25) is 4.79 Å². The van der Waals surface area contributed by atoms with Crippen molar-refractivity contribution in [3.8, 4) is 0 Å². The Balaban J connectivity index is 2.48. The maximum Gasteiger partial charge on any atom is 0.323 e. The molecule has 21 heavy (non-hydrogen) atoms. The second-order valence-corrected chi connectivity index (χ2v) is 5.25. The van der Waals surface area contributed by atoms with Crippen LogP contribution in [0.25, 0.3) is 0 Å². The third-order valence-corrected chi connectivity index (χ3v) is 3.46. The predicted octanol–water partition coefficient (Wildman–Crippen LogP) is 2.50.